The number of aryl methyl sites for hydroxylation is 2. The first-order valence-electron chi connectivity index (χ1n) is 13.3. The number of alkyl halides is 1. The second kappa shape index (κ2) is 11.5. The molecule has 0 bridgehead atoms. The van der Waals surface area contributed by atoms with Crippen LogP contribution in [-0.4, -0.2) is 48.4 Å². The predicted octanol–water partition coefficient (Wildman–Crippen LogP) is 6.94. The second-order valence-corrected chi connectivity index (χ2v) is 10.3. The van der Waals surface area contributed by atoms with Crippen LogP contribution in [0.3, 0.4) is 0 Å². The highest BCUT2D eigenvalue weighted by atomic mass is 19.1. The summed E-state index contributed by atoms with van der Waals surface area (Å²) in [5.74, 6) is -0.473. The van der Waals surface area contributed by atoms with Gasteiger partial charge in [-0.1, -0.05) is 30.3 Å². The average molecular weight is 518 g/mol. The highest BCUT2D eigenvalue weighted by Gasteiger charge is 2.25. The Kier molecular flexibility index (Phi) is 7.89. The molecule has 1 fully saturated rings. The van der Waals surface area contributed by atoms with E-state index in [1.165, 1.54) is 0 Å². The van der Waals surface area contributed by atoms with Crippen LogP contribution in [0.25, 0.3) is 11.1 Å². The normalized spacial score (nSPS) is 17.8. The van der Waals surface area contributed by atoms with Gasteiger partial charge in [-0.05, 0) is 103 Å². The molecule has 1 heterocycles. The maximum Gasteiger partial charge on any atom is 0.335 e. The number of hydrogen-bond acceptors (Lipinski definition) is 3. The smallest absolute Gasteiger partial charge is 0.335 e. The molecule has 0 aromatic heterocycles. The van der Waals surface area contributed by atoms with Crippen LogP contribution in [0.5, 0.6) is 5.75 Å². The van der Waals surface area contributed by atoms with Crippen LogP contribution in [0, 0.1) is 12.7 Å². The Labute approximate surface area is 222 Å². The quantitative estimate of drug-likeness (QED) is 0.352. The SMILES string of the molecule is Cc1ccc(C2=C(c3cccc(O[C@@H]4CCN(CCCF)C4)c3)c3ccc(C(=O)O)cc3CCC2)c(F)c1. The molecule has 6 heteroatoms. The van der Waals surface area contributed by atoms with Gasteiger partial charge in [0.15, 0.2) is 0 Å². The lowest BCUT2D eigenvalue weighted by atomic mass is 9.87. The fourth-order valence-electron chi connectivity index (χ4n) is 5.68. The van der Waals surface area contributed by atoms with E-state index >= 15 is 4.39 Å². The molecule has 2 aliphatic rings. The highest BCUT2D eigenvalue weighted by Crippen LogP contribution is 2.41. The number of carboxylic acid groups (broad SMARTS) is 1. The molecule has 0 unspecified atom stereocenters. The Balaban J connectivity index is 1.57. The summed E-state index contributed by atoms with van der Waals surface area (Å²) in [7, 11) is 0. The standard InChI is InChI=1S/C32H33F2NO3/c1-21-9-11-28(30(34)17-21)29-8-3-5-22-18-24(32(36)37)10-12-27(22)31(29)23-6-2-7-25(19-23)38-26-13-16-35(20-26)15-4-14-33/h2,6-7,9-12,17-19,26H,3-5,8,13-16,20H2,1H3,(H,36,37)/t26-/m1/s1. The number of benzene rings is 3. The Morgan fingerprint density at radius 2 is 1.92 bits per heavy atom. The van der Waals surface area contributed by atoms with E-state index in [2.05, 4.69) is 4.90 Å². The summed E-state index contributed by atoms with van der Waals surface area (Å²) in [4.78, 5) is 13.9. The number of aromatic carboxylic acids is 1. The first-order chi connectivity index (χ1) is 18.4. The first kappa shape index (κ1) is 26.1. The molecule has 0 spiro atoms. The van der Waals surface area contributed by atoms with E-state index in [4.69, 9.17) is 4.74 Å². The van der Waals surface area contributed by atoms with E-state index in [0.717, 1.165) is 71.6 Å². The van der Waals surface area contributed by atoms with Crippen LogP contribution < -0.4 is 4.74 Å². The zero-order valence-corrected chi connectivity index (χ0v) is 21.7. The van der Waals surface area contributed by atoms with Gasteiger partial charge in [-0.3, -0.25) is 9.29 Å². The second-order valence-electron chi connectivity index (χ2n) is 10.3. The van der Waals surface area contributed by atoms with Gasteiger partial charge in [0, 0.05) is 25.2 Å². The lowest BCUT2D eigenvalue weighted by molar-refractivity contribution is 0.0696. The van der Waals surface area contributed by atoms with Crippen molar-refractivity contribution in [3.63, 3.8) is 0 Å². The molecule has 198 valence electrons. The van der Waals surface area contributed by atoms with Crippen LogP contribution in [0.2, 0.25) is 0 Å². The van der Waals surface area contributed by atoms with Gasteiger partial charge in [-0.25, -0.2) is 9.18 Å². The summed E-state index contributed by atoms with van der Waals surface area (Å²) in [5.41, 5.74) is 6.32. The molecule has 0 saturated carbocycles. The maximum atomic E-state index is 15.3. The van der Waals surface area contributed by atoms with Gasteiger partial charge in [0.25, 0.3) is 0 Å². The minimum atomic E-state index is -0.958. The summed E-state index contributed by atoms with van der Waals surface area (Å²) in [6.45, 7) is 3.97. The van der Waals surface area contributed by atoms with Crippen molar-refractivity contribution in [1.82, 2.24) is 4.90 Å². The van der Waals surface area contributed by atoms with Crippen molar-refractivity contribution in [1.29, 1.82) is 0 Å². The molecule has 1 N–H and O–H groups in total. The van der Waals surface area contributed by atoms with Crippen molar-refractivity contribution in [2.45, 2.75) is 45.1 Å². The van der Waals surface area contributed by atoms with E-state index in [1.807, 2.05) is 49.4 Å². The van der Waals surface area contributed by atoms with Gasteiger partial charge in [0.2, 0.25) is 0 Å². The van der Waals surface area contributed by atoms with E-state index in [-0.39, 0.29) is 24.2 Å². The Morgan fingerprint density at radius 1 is 1.08 bits per heavy atom. The number of halogens is 2. The number of carboxylic acids is 1. The molecular weight excluding hydrogens is 484 g/mol. The number of rotatable bonds is 8. The third-order valence-electron chi connectivity index (χ3n) is 7.51. The minimum absolute atomic E-state index is 0.0346. The average Bonchev–Trinajstić information content (AvgIpc) is 3.25. The van der Waals surface area contributed by atoms with Crippen molar-refractivity contribution >= 4 is 17.1 Å². The summed E-state index contributed by atoms with van der Waals surface area (Å²) in [5, 5.41) is 9.57. The molecule has 38 heavy (non-hydrogen) atoms. The van der Waals surface area contributed by atoms with E-state index in [1.54, 1.807) is 18.2 Å². The predicted molar refractivity (Wildman–Crippen MR) is 146 cm³/mol. The fraction of sp³-hybridized carbons (Fsp3) is 0.344. The zero-order valence-electron chi connectivity index (χ0n) is 21.7. The highest BCUT2D eigenvalue weighted by molar-refractivity contribution is 6.01. The topological polar surface area (TPSA) is 49.8 Å². The number of allylic oxidation sites excluding steroid dienone is 1. The van der Waals surface area contributed by atoms with Gasteiger partial charge in [-0.2, -0.15) is 0 Å². The molecule has 0 radical (unpaired) electrons. The summed E-state index contributed by atoms with van der Waals surface area (Å²) >= 11 is 0. The molecule has 3 aromatic rings. The Morgan fingerprint density at radius 3 is 2.71 bits per heavy atom. The van der Waals surface area contributed by atoms with Crippen LogP contribution in [0.15, 0.2) is 60.7 Å². The van der Waals surface area contributed by atoms with Crippen molar-refractivity contribution < 1.29 is 23.4 Å². The number of likely N-dealkylation sites (tertiary alicyclic amines) is 1. The van der Waals surface area contributed by atoms with Crippen LogP contribution in [0.4, 0.5) is 8.78 Å². The maximum absolute atomic E-state index is 15.3. The molecule has 1 aliphatic heterocycles. The molecule has 0 amide bonds. The van der Waals surface area contributed by atoms with E-state index < -0.39 is 5.97 Å². The minimum Gasteiger partial charge on any atom is -0.489 e. The monoisotopic (exact) mass is 517 g/mol. The van der Waals surface area contributed by atoms with Crippen LogP contribution in [0.1, 0.15) is 63.9 Å². The summed E-state index contributed by atoms with van der Waals surface area (Å²) < 4.78 is 34.3. The van der Waals surface area contributed by atoms with Crippen molar-refractivity contribution in [3.8, 4) is 5.75 Å². The fourth-order valence-corrected chi connectivity index (χ4v) is 5.68. The molecule has 1 saturated heterocycles. The molecule has 4 nitrogen and oxygen atoms in total. The van der Waals surface area contributed by atoms with Crippen molar-refractivity contribution in [3.05, 3.63) is 99.9 Å². The van der Waals surface area contributed by atoms with Crippen molar-refractivity contribution in [2.75, 3.05) is 26.3 Å². The Bertz CT molecular complexity index is 1370. The summed E-state index contributed by atoms with van der Waals surface area (Å²) in [6, 6.07) is 18.5. The molecule has 5 rings (SSSR count). The lowest BCUT2D eigenvalue weighted by Gasteiger charge is -2.20. The number of fused-ring (bicyclic) bond motifs is 1. The van der Waals surface area contributed by atoms with E-state index in [0.29, 0.717) is 24.8 Å². The summed E-state index contributed by atoms with van der Waals surface area (Å²) in [6.07, 6.45) is 3.63. The van der Waals surface area contributed by atoms with Crippen LogP contribution >= 0.6 is 0 Å². The van der Waals surface area contributed by atoms with Crippen LogP contribution in [-0.2, 0) is 6.42 Å². The first-order valence-corrected chi connectivity index (χ1v) is 13.3. The number of ether oxygens (including phenoxy) is 1. The van der Waals surface area contributed by atoms with Gasteiger partial charge >= 0.3 is 5.97 Å². The zero-order chi connectivity index (χ0) is 26.6. The van der Waals surface area contributed by atoms with E-state index in [9.17, 15) is 14.3 Å². The molecule has 1 aliphatic carbocycles. The molecular formula is C32H33F2NO3. The number of hydrogen-bond donors (Lipinski definition) is 1. The third kappa shape index (κ3) is 5.65. The van der Waals surface area contributed by atoms with Gasteiger partial charge < -0.3 is 9.84 Å². The number of carbonyl (C=O) groups is 1. The lowest BCUT2D eigenvalue weighted by Crippen LogP contribution is -2.26. The molecule has 3 aromatic carbocycles. The van der Waals surface area contributed by atoms with Gasteiger partial charge in [0.05, 0.1) is 12.2 Å². The van der Waals surface area contributed by atoms with Crippen molar-refractivity contribution in [2.24, 2.45) is 0 Å². The molecule has 1 atom stereocenters. The Hall–Kier alpha value is -3.51. The van der Waals surface area contributed by atoms with Gasteiger partial charge in [0.1, 0.15) is 17.7 Å². The largest absolute Gasteiger partial charge is 0.489 e. The number of nitrogens with zero attached hydrogens (tertiary/aromatic N) is 1. The van der Waals surface area contributed by atoms with Gasteiger partial charge in [-0.15, -0.1) is 0 Å². The third-order valence-corrected chi connectivity index (χ3v) is 7.51.